The minimum atomic E-state index is 0.729. The zero-order valence-corrected chi connectivity index (χ0v) is 11.1. The normalized spacial score (nSPS) is 10.8. The minimum Gasteiger partial charge on any atom is -0.383 e. The average Bonchev–Trinajstić information content (AvgIpc) is 2.31. The first kappa shape index (κ1) is 14.1. The summed E-state index contributed by atoms with van der Waals surface area (Å²) >= 11 is 0. The van der Waals surface area contributed by atoms with E-state index in [-0.39, 0.29) is 0 Å². The summed E-state index contributed by atoms with van der Waals surface area (Å²) in [5.41, 5.74) is 2.12. The van der Waals surface area contributed by atoms with Crippen molar-refractivity contribution in [3.8, 4) is 0 Å². The number of methoxy groups -OCH3 is 1. The number of nitrogens with zero attached hydrogens (tertiary/aromatic N) is 2. The van der Waals surface area contributed by atoms with Crippen molar-refractivity contribution >= 4 is 0 Å². The van der Waals surface area contributed by atoms with Gasteiger partial charge in [-0.15, -0.1) is 0 Å². The molecule has 0 bridgehead atoms. The molecule has 0 radical (unpaired) electrons. The van der Waals surface area contributed by atoms with Crippen LogP contribution < -0.4 is 5.32 Å². The van der Waals surface area contributed by atoms with Gasteiger partial charge in [-0.1, -0.05) is 13.3 Å². The van der Waals surface area contributed by atoms with Crippen LogP contribution in [-0.2, 0) is 17.7 Å². The van der Waals surface area contributed by atoms with E-state index < -0.39 is 0 Å². The first-order valence-electron chi connectivity index (χ1n) is 6.29. The van der Waals surface area contributed by atoms with Crippen LogP contribution in [-0.4, -0.2) is 30.2 Å². The lowest BCUT2D eigenvalue weighted by atomic mass is 10.2. The van der Waals surface area contributed by atoms with Crippen LogP contribution in [0.2, 0.25) is 0 Å². The highest BCUT2D eigenvalue weighted by molar-refractivity contribution is 5.10. The van der Waals surface area contributed by atoms with Gasteiger partial charge in [0.1, 0.15) is 5.82 Å². The van der Waals surface area contributed by atoms with E-state index in [0.29, 0.717) is 0 Å². The van der Waals surface area contributed by atoms with Gasteiger partial charge in [0, 0.05) is 32.3 Å². The second-order valence-electron chi connectivity index (χ2n) is 4.19. The van der Waals surface area contributed by atoms with Crippen LogP contribution in [0.15, 0.2) is 6.07 Å². The Morgan fingerprint density at radius 2 is 2.18 bits per heavy atom. The van der Waals surface area contributed by atoms with E-state index in [1.807, 2.05) is 13.0 Å². The molecule has 0 unspecified atom stereocenters. The Bertz CT molecular complexity index is 328. The second kappa shape index (κ2) is 8.14. The maximum absolute atomic E-state index is 4.99. The smallest absolute Gasteiger partial charge is 0.128 e. The molecular formula is C13H23N3O. The molecule has 96 valence electrons. The summed E-state index contributed by atoms with van der Waals surface area (Å²) in [7, 11) is 1.71. The first-order valence-corrected chi connectivity index (χ1v) is 6.29. The lowest BCUT2D eigenvalue weighted by molar-refractivity contribution is 0.199. The predicted molar refractivity (Wildman–Crippen MR) is 69.0 cm³/mol. The molecule has 1 rings (SSSR count). The average molecular weight is 237 g/mol. The lowest BCUT2D eigenvalue weighted by Crippen LogP contribution is -2.19. The number of hydrogen-bond donors (Lipinski definition) is 1. The summed E-state index contributed by atoms with van der Waals surface area (Å²) in [6.45, 7) is 6.57. The third-order valence-corrected chi connectivity index (χ3v) is 2.50. The van der Waals surface area contributed by atoms with E-state index in [0.717, 1.165) is 49.8 Å². The number of aryl methyl sites for hydroxylation is 2. The number of nitrogens with one attached hydrogen (secondary N) is 1. The Morgan fingerprint density at radius 3 is 2.88 bits per heavy atom. The van der Waals surface area contributed by atoms with E-state index in [1.165, 1.54) is 6.42 Å². The third kappa shape index (κ3) is 5.75. The molecule has 4 nitrogen and oxygen atoms in total. The van der Waals surface area contributed by atoms with Crippen molar-refractivity contribution in [1.82, 2.24) is 15.3 Å². The molecule has 0 aliphatic rings. The molecule has 0 fully saturated rings. The van der Waals surface area contributed by atoms with E-state index in [1.54, 1.807) is 7.11 Å². The molecule has 1 heterocycles. The summed E-state index contributed by atoms with van der Waals surface area (Å²) in [5, 5.41) is 3.30. The van der Waals surface area contributed by atoms with Crippen LogP contribution in [0.5, 0.6) is 0 Å². The van der Waals surface area contributed by atoms with Gasteiger partial charge < -0.3 is 10.1 Å². The highest BCUT2D eigenvalue weighted by atomic mass is 16.5. The number of aromatic nitrogens is 2. The zero-order chi connectivity index (χ0) is 12.5. The van der Waals surface area contributed by atoms with Crippen LogP contribution in [0, 0.1) is 6.92 Å². The summed E-state index contributed by atoms with van der Waals surface area (Å²) in [6, 6.07) is 2.04. The molecule has 0 spiro atoms. The van der Waals surface area contributed by atoms with Crippen LogP contribution in [0.1, 0.15) is 37.0 Å². The van der Waals surface area contributed by atoms with Crippen molar-refractivity contribution in [2.24, 2.45) is 0 Å². The van der Waals surface area contributed by atoms with Gasteiger partial charge in [-0.2, -0.15) is 0 Å². The molecule has 1 N–H and O–H groups in total. The number of rotatable bonds is 8. The van der Waals surface area contributed by atoms with Gasteiger partial charge >= 0.3 is 0 Å². The minimum absolute atomic E-state index is 0.729. The van der Waals surface area contributed by atoms with Crippen molar-refractivity contribution in [3.63, 3.8) is 0 Å². The standard InChI is InChI=1S/C13H23N3O/c1-4-5-6-13-15-11(2)9-12(16-13)10-14-7-8-17-3/h9,14H,4-8,10H2,1-3H3. The molecule has 0 aliphatic heterocycles. The maximum Gasteiger partial charge on any atom is 0.128 e. The second-order valence-corrected chi connectivity index (χ2v) is 4.19. The maximum atomic E-state index is 4.99. The molecule has 0 saturated heterocycles. The number of hydrogen-bond acceptors (Lipinski definition) is 4. The molecule has 0 saturated carbocycles. The highest BCUT2D eigenvalue weighted by Gasteiger charge is 2.01. The fourth-order valence-electron chi connectivity index (χ4n) is 1.63. The molecule has 0 aromatic carbocycles. The lowest BCUT2D eigenvalue weighted by Gasteiger charge is -2.07. The number of unbranched alkanes of at least 4 members (excludes halogenated alkanes) is 1. The zero-order valence-electron chi connectivity index (χ0n) is 11.1. The molecule has 17 heavy (non-hydrogen) atoms. The Hall–Kier alpha value is -1.00. The summed E-state index contributed by atoms with van der Waals surface area (Å²) < 4.78 is 4.99. The molecule has 0 amide bonds. The van der Waals surface area contributed by atoms with Crippen molar-refractivity contribution in [2.75, 3.05) is 20.3 Å². The van der Waals surface area contributed by atoms with E-state index in [2.05, 4.69) is 22.2 Å². The van der Waals surface area contributed by atoms with E-state index in [4.69, 9.17) is 4.74 Å². The summed E-state index contributed by atoms with van der Waals surface area (Å²) in [6.07, 6.45) is 3.31. The van der Waals surface area contributed by atoms with Crippen LogP contribution >= 0.6 is 0 Å². The van der Waals surface area contributed by atoms with E-state index >= 15 is 0 Å². The van der Waals surface area contributed by atoms with Crippen molar-refractivity contribution < 1.29 is 4.74 Å². The molecule has 1 aromatic rings. The van der Waals surface area contributed by atoms with Crippen LogP contribution in [0.25, 0.3) is 0 Å². The quantitative estimate of drug-likeness (QED) is 0.701. The fraction of sp³-hybridized carbons (Fsp3) is 0.692. The fourth-order valence-corrected chi connectivity index (χ4v) is 1.63. The van der Waals surface area contributed by atoms with Crippen molar-refractivity contribution in [2.45, 2.75) is 39.7 Å². The molecule has 4 heteroatoms. The van der Waals surface area contributed by atoms with Crippen molar-refractivity contribution in [3.05, 3.63) is 23.3 Å². The molecule has 0 aliphatic carbocycles. The molecule has 1 aromatic heterocycles. The largest absolute Gasteiger partial charge is 0.383 e. The summed E-state index contributed by atoms with van der Waals surface area (Å²) in [4.78, 5) is 9.01. The predicted octanol–water partition coefficient (Wildman–Crippen LogP) is 1.86. The van der Waals surface area contributed by atoms with Crippen LogP contribution in [0.4, 0.5) is 0 Å². The van der Waals surface area contributed by atoms with Gasteiger partial charge in [0.05, 0.1) is 12.3 Å². The van der Waals surface area contributed by atoms with Gasteiger partial charge in [0.15, 0.2) is 0 Å². The monoisotopic (exact) mass is 237 g/mol. The Labute approximate surface area is 104 Å². The third-order valence-electron chi connectivity index (χ3n) is 2.50. The Balaban J connectivity index is 2.50. The van der Waals surface area contributed by atoms with Crippen LogP contribution in [0.3, 0.4) is 0 Å². The number of ether oxygens (including phenoxy) is 1. The van der Waals surface area contributed by atoms with Crippen molar-refractivity contribution in [1.29, 1.82) is 0 Å². The highest BCUT2D eigenvalue weighted by Crippen LogP contribution is 2.04. The molecular weight excluding hydrogens is 214 g/mol. The van der Waals surface area contributed by atoms with Gasteiger partial charge in [-0.3, -0.25) is 0 Å². The summed E-state index contributed by atoms with van der Waals surface area (Å²) in [5.74, 6) is 0.968. The van der Waals surface area contributed by atoms with Gasteiger partial charge in [0.2, 0.25) is 0 Å². The SMILES string of the molecule is CCCCc1nc(C)cc(CNCCOC)n1. The van der Waals surface area contributed by atoms with Gasteiger partial charge in [0.25, 0.3) is 0 Å². The first-order chi connectivity index (χ1) is 8.26. The van der Waals surface area contributed by atoms with E-state index in [9.17, 15) is 0 Å². The Kier molecular flexibility index (Phi) is 6.74. The Morgan fingerprint density at radius 1 is 1.35 bits per heavy atom. The van der Waals surface area contributed by atoms with Gasteiger partial charge in [-0.05, 0) is 19.4 Å². The van der Waals surface area contributed by atoms with Gasteiger partial charge in [-0.25, -0.2) is 9.97 Å². The topological polar surface area (TPSA) is 47.0 Å². The molecule has 0 atom stereocenters.